The molecule has 2 rings (SSSR count). The molecule has 3 atom stereocenters. The van der Waals surface area contributed by atoms with Crippen LogP contribution in [-0.4, -0.2) is 12.7 Å². The standard InChI is InChI=1S/C30H52O2/c1-21(2)13-10-14-22(3)15-11-16-23(4)17-12-19-30(8)20-18-27-26(7)28(31-9)24(5)25(6)29(27)32-30/h21-23H,10-20H2,1-9H3/t22-,23-,30-/m0/s1. The number of methoxy groups -OCH3 is 1. The topological polar surface area (TPSA) is 18.5 Å². The van der Waals surface area contributed by atoms with Crippen molar-refractivity contribution in [2.45, 2.75) is 132 Å². The maximum Gasteiger partial charge on any atom is 0.127 e. The number of benzene rings is 1. The summed E-state index contributed by atoms with van der Waals surface area (Å²) >= 11 is 0. The summed E-state index contributed by atoms with van der Waals surface area (Å²) < 4.78 is 12.4. The van der Waals surface area contributed by atoms with Crippen molar-refractivity contribution in [1.82, 2.24) is 0 Å². The molecule has 1 aliphatic rings. The molecule has 0 spiro atoms. The lowest BCUT2D eigenvalue weighted by atomic mass is 9.83. The molecule has 0 N–H and O–H groups in total. The van der Waals surface area contributed by atoms with Crippen molar-refractivity contribution in [3.8, 4) is 11.5 Å². The van der Waals surface area contributed by atoms with E-state index in [0.29, 0.717) is 0 Å². The second kappa shape index (κ2) is 12.3. The molecule has 1 aromatic carbocycles. The van der Waals surface area contributed by atoms with Crippen LogP contribution in [-0.2, 0) is 6.42 Å². The second-order valence-electron chi connectivity index (χ2n) is 11.6. The Hall–Kier alpha value is -1.18. The van der Waals surface area contributed by atoms with E-state index in [2.05, 4.69) is 55.4 Å². The summed E-state index contributed by atoms with van der Waals surface area (Å²) in [6.07, 6.45) is 14.3. The highest BCUT2D eigenvalue weighted by Gasteiger charge is 2.34. The van der Waals surface area contributed by atoms with Crippen LogP contribution in [0.3, 0.4) is 0 Å². The third-order valence-electron chi connectivity index (χ3n) is 8.04. The monoisotopic (exact) mass is 444 g/mol. The largest absolute Gasteiger partial charge is 0.496 e. The fraction of sp³-hybridized carbons (Fsp3) is 0.800. The van der Waals surface area contributed by atoms with Gasteiger partial charge in [-0.05, 0) is 87.8 Å². The molecule has 1 heterocycles. The summed E-state index contributed by atoms with van der Waals surface area (Å²) in [6.45, 7) is 18.4. The molecule has 0 fully saturated rings. The Morgan fingerprint density at radius 1 is 0.812 bits per heavy atom. The van der Waals surface area contributed by atoms with Gasteiger partial charge >= 0.3 is 0 Å². The molecular weight excluding hydrogens is 392 g/mol. The maximum atomic E-state index is 6.70. The minimum absolute atomic E-state index is 0.0319. The van der Waals surface area contributed by atoms with Gasteiger partial charge in [-0.15, -0.1) is 0 Å². The molecule has 0 unspecified atom stereocenters. The van der Waals surface area contributed by atoms with E-state index < -0.39 is 0 Å². The first-order valence-electron chi connectivity index (χ1n) is 13.4. The Balaban J connectivity index is 1.77. The molecule has 0 saturated heterocycles. The molecule has 2 heteroatoms. The summed E-state index contributed by atoms with van der Waals surface area (Å²) in [6, 6.07) is 0. The molecule has 0 saturated carbocycles. The number of ether oxygens (including phenoxy) is 2. The molecule has 1 aliphatic heterocycles. The van der Waals surface area contributed by atoms with Crippen LogP contribution in [0.15, 0.2) is 0 Å². The van der Waals surface area contributed by atoms with Gasteiger partial charge < -0.3 is 9.47 Å². The minimum Gasteiger partial charge on any atom is -0.496 e. The third-order valence-corrected chi connectivity index (χ3v) is 8.04. The van der Waals surface area contributed by atoms with E-state index in [1.165, 1.54) is 73.6 Å². The van der Waals surface area contributed by atoms with Crippen molar-refractivity contribution < 1.29 is 9.47 Å². The smallest absolute Gasteiger partial charge is 0.127 e. The highest BCUT2D eigenvalue weighted by molar-refractivity contribution is 5.58. The van der Waals surface area contributed by atoms with Gasteiger partial charge in [-0.25, -0.2) is 0 Å². The van der Waals surface area contributed by atoms with Crippen LogP contribution in [0, 0.1) is 38.5 Å². The van der Waals surface area contributed by atoms with Gasteiger partial charge in [0.15, 0.2) is 0 Å². The normalized spacial score (nSPS) is 20.1. The molecule has 0 aliphatic carbocycles. The van der Waals surface area contributed by atoms with Crippen LogP contribution in [0.2, 0.25) is 0 Å². The van der Waals surface area contributed by atoms with Gasteiger partial charge in [-0.3, -0.25) is 0 Å². The summed E-state index contributed by atoms with van der Waals surface area (Å²) in [5.74, 6) is 4.74. The molecular formula is C30H52O2. The third kappa shape index (κ3) is 7.42. The first-order valence-corrected chi connectivity index (χ1v) is 13.4. The van der Waals surface area contributed by atoms with Gasteiger partial charge in [0, 0.05) is 5.56 Å². The summed E-state index contributed by atoms with van der Waals surface area (Å²) in [4.78, 5) is 0. The second-order valence-corrected chi connectivity index (χ2v) is 11.6. The summed E-state index contributed by atoms with van der Waals surface area (Å²) in [5, 5.41) is 0. The highest BCUT2D eigenvalue weighted by Crippen LogP contribution is 2.44. The van der Waals surface area contributed by atoms with E-state index in [1.54, 1.807) is 7.11 Å². The van der Waals surface area contributed by atoms with Crippen LogP contribution in [0.5, 0.6) is 11.5 Å². The van der Waals surface area contributed by atoms with E-state index in [0.717, 1.165) is 48.5 Å². The summed E-state index contributed by atoms with van der Waals surface area (Å²) in [7, 11) is 1.78. The van der Waals surface area contributed by atoms with Crippen LogP contribution in [0.1, 0.15) is 121 Å². The van der Waals surface area contributed by atoms with Crippen LogP contribution in [0.25, 0.3) is 0 Å². The van der Waals surface area contributed by atoms with Crippen molar-refractivity contribution in [1.29, 1.82) is 0 Å². The zero-order chi connectivity index (χ0) is 23.9. The summed E-state index contributed by atoms with van der Waals surface area (Å²) in [5.41, 5.74) is 5.07. The van der Waals surface area contributed by atoms with Crippen molar-refractivity contribution in [2.75, 3.05) is 7.11 Å². The van der Waals surface area contributed by atoms with E-state index in [4.69, 9.17) is 9.47 Å². The first-order chi connectivity index (χ1) is 15.1. The van der Waals surface area contributed by atoms with E-state index >= 15 is 0 Å². The lowest BCUT2D eigenvalue weighted by Gasteiger charge is -2.38. The Kier molecular flexibility index (Phi) is 10.4. The Morgan fingerprint density at radius 2 is 1.38 bits per heavy atom. The maximum absolute atomic E-state index is 6.70. The highest BCUT2D eigenvalue weighted by atomic mass is 16.5. The van der Waals surface area contributed by atoms with Gasteiger partial charge in [-0.2, -0.15) is 0 Å². The quantitative estimate of drug-likeness (QED) is 0.302. The lowest BCUT2D eigenvalue weighted by Crippen LogP contribution is -2.37. The molecule has 1 aromatic rings. The number of rotatable bonds is 13. The fourth-order valence-electron chi connectivity index (χ4n) is 5.57. The number of hydrogen-bond donors (Lipinski definition) is 0. The Labute approximate surface area is 199 Å². The van der Waals surface area contributed by atoms with Crippen LogP contribution >= 0.6 is 0 Å². The molecule has 0 radical (unpaired) electrons. The average Bonchev–Trinajstić information content (AvgIpc) is 2.72. The lowest BCUT2D eigenvalue weighted by molar-refractivity contribution is 0.0512. The molecule has 2 nitrogen and oxygen atoms in total. The average molecular weight is 445 g/mol. The van der Waals surface area contributed by atoms with Gasteiger partial charge in [0.1, 0.15) is 17.1 Å². The Bertz CT molecular complexity index is 720. The molecule has 184 valence electrons. The molecule has 0 aromatic heterocycles. The number of hydrogen-bond acceptors (Lipinski definition) is 2. The molecule has 0 bridgehead atoms. The van der Waals surface area contributed by atoms with Gasteiger partial charge in [0.05, 0.1) is 7.11 Å². The minimum atomic E-state index is -0.0319. The van der Waals surface area contributed by atoms with Crippen molar-refractivity contribution in [3.63, 3.8) is 0 Å². The number of fused-ring (bicyclic) bond motifs is 1. The van der Waals surface area contributed by atoms with Gasteiger partial charge in [-0.1, -0.05) is 72.6 Å². The fourth-order valence-corrected chi connectivity index (χ4v) is 5.57. The van der Waals surface area contributed by atoms with Gasteiger partial charge in [0.25, 0.3) is 0 Å². The van der Waals surface area contributed by atoms with Crippen molar-refractivity contribution in [3.05, 3.63) is 22.3 Å². The molecule has 32 heavy (non-hydrogen) atoms. The SMILES string of the molecule is COc1c(C)c(C)c2c(c1C)CC[C@](C)(CCC[C@@H](C)CCC[C@@H](C)CCCC(C)C)O2. The van der Waals surface area contributed by atoms with Crippen LogP contribution < -0.4 is 9.47 Å². The first kappa shape index (κ1) is 27.1. The van der Waals surface area contributed by atoms with Crippen LogP contribution in [0.4, 0.5) is 0 Å². The molecule has 0 amide bonds. The van der Waals surface area contributed by atoms with Gasteiger partial charge in [0.2, 0.25) is 0 Å². The van der Waals surface area contributed by atoms with Crippen molar-refractivity contribution >= 4 is 0 Å². The predicted molar refractivity (Wildman–Crippen MR) is 139 cm³/mol. The van der Waals surface area contributed by atoms with E-state index in [1.807, 2.05) is 0 Å². The zero-order valence-corrected chi connectivity index (χ0v) is 22.8. The Morgan fingerprint density at radius 3 is 1.94 bits per heavy atom. The van der Waals surface area contributed by atoms with Crippen molar-refractivity contribution in [2.24, 2.45) is 17.8 Å². The zero-order valence-electron chi connectivity index (χ0n) is 22.8. The van der Waals surface area contributed by atoms with E-state index in [-0.39, 0.29) is 5.60 Å². The van der Waals surface area contributed by atoms with E-state index in [9.17, 15) is 0 Å². The predicted octanol–water partition coefficient (Wildman–Crippen LogP) is 9.14.